The fourth-order valence-corrected chi connectivity index (χ4v) is 5.08. The third-order valence-electron chi connectivity index (χ3n) is 6.85. The van der Waals surface area contributed by atoms with Crippen LogP contribution in [0.2, 0.25) is 0 Å². The van der Waals surface area contributed by atoms with Crippen molar-refractivity contribution in [1.29, 1.82) is 0 Å². The molecule has 2 aliphatic heterocycles. The lowest BCUT2D eigenvalue weighted by atomic mass is 10.1. The second-order valence-corrected chi connectivity index (χ2v) is 9.03. The molecule has 0 radical (unpaired) electrons. The average molecular weight is 489 g/mol. The number of carbonyl (C=O) groups excluding carboxylic acids is 1. The van der Waals surface area contributed by atoms with E-state index >= 15 is 0 Å². The van der Waals surface area contributed by atoms with Gasteiger partial charge in [-0.25, -0.2) is 9.36 Å². The second-order valence-electron chi connectivity index (χ2n) is 9.03. The predicted molar refractivity (Wildman–Crippen MR) is 136 cm³/mol. The van der Waals surface area contributed by atoms with Crippen LogP contribution in [-0.4, -0.2) is 74.5 Å². The van der Waals surface area contributed by atoms with Crippen LogP contribution in [0.15, 0.2) is 47.5 Å². The van der Waals surface area contributed by atoms with Gasteiger partial charge >= 0.3 is 5.69 Å². The second kappa shape index (κ2) is 9.55. The van der Waals surface area contributed by atoms with Gasteiger partial charge in [0.2, 0.25) is 5.82 Å². The highest BCUT2D eigenvalue weighted by molar-refractivity contribution is 6.03. The SMILES string of the molecule is O=C(Nc1cnccc1N1CCNCC1)c1nc(-n2c(=O)n(C3CCNCC3)c3ccccc32)n[nH]1. The van der Waals surface area contributed by atoms with Gasteiger partial charge in [0, 0.05) is 38.4 Å². The minimum Gasteiger partial charge on any atom is -0.367 e. The molecule has 12 heteroatoms. The van der Waals surface area contributed by atoms with E-state index in [4.69, 9.17) is 0 Å². The highest BCUT2D eigenvalue weighted by Gasteiger charge is 2.25. The lowest BCUT2D eigenvalue weighted by Gasteiger charge is -2.30. The number of rotatable bonds is 5. The summed E-state index contributed by atoms with van der Waals surface area (Å²) < 4.78 is 3.31. The van der Waals surface area contributed by atoms with E-state index in [9.17, 15) is 9.59 Å². The summed E-state index contributed by atoms with van der Waals surface area (Å²) in [6.45, 7) is 5.16. The first kappa shape index (κ1) is 22.4. The number of aromatic amines is 1. The highest BCUT2D eigenvalue weighted by Crippen LogP contribution is 2.26. The zero-order valence-corrected chi connectivity index (χ0v) is 19.8. The van der Waals surface area contributed by atoms with Crippen LogP contribution < -0.4 is 26.5 Å². The van der Waals surface area contributed by atoms with Gasteiger partial charge in [-0.1, -0.05) is 12.1 Å². The first-order valence-electron chi connectivity index (χ1n) is 12.3. The monoisotopic (exact) mass is 488 g/mol. The summed E-state index contributed by atoms with van der Waals surface area (Å²) in [5.74, 6) is -0.290. The molecule has 0 saturated carbocycles. The van der Waals surface area contributed by atoms with Crippen molar-refractivity contribution in [3.63, 3.8) is 0 Å². The Kier molecular flexibility index (Phi) is 5.95. The number of anilines is 2. The van der Waals surface area contributed by atoms with Crippen molar-refractivity contribution in [2.24, 2.45) is 0 Å². The Balaban J connectivity index is 1.31. The van der Waals surface area contributed by atoms with Crippen molar-refractivity contribution in [1.82, 2.24) is 39.9 Å². The van der Waals surface area contributed by atoms with Crippen molar-refractivity contribution >= 4 is 28.3 Å². The van der Waals surface area contributed by atoms with E-state index < -0.39 is 5.91 Å². The first-order valence-corrected chi connectivity index (χ1v) is 12.3. The number of hydrogen-bond donors (Lipinski definition) is 4. The molecule has 3 aromatic heterocycles. The number of hydrogen-bond acceptors (Lipinski definition) is 8. The molecule has 1 aromatic carbocycles. The Morgan fingerprint density at radius 2 is 1.75 bits per heavy atom. The van der Waals surface area contributed by atoms with E-state index in [0.717, 1.165) is 63.3 Å². The molecule has 0 spiro atoms. The average Bonchev–Trinajstić information content (AvgIpc) is 3.52. The minimum absolute atomic E-state index is 0.0192. The van der Waals surface area contributed by atoms with Gasteiger partial charge < -0.3 is 20.9 Å². The first-order chi connectivity index (χ1) is 17.7. The van der Waals surface area contributed by atoms with E-state index in [2.05, 4.69) is 41.0 Å². The summed E-state index contributed by atoms with van der Waals surface area (Å²) in [7, 11) is 0. The van der Waals surface area contributed by atoms with E-state index in [1.807, 2.05) is 34.9 Å². The number of aromatic nitrogens is 6. The van der Waals surface area contributed by atoms with Gasteiger partial charge in [-0.15, -0.1) is 5.10 Å². The Morgan fingerprint density at radius 1 is 1.00 bits per heavy atom. The third kappa shape index (κ3) is 4.03. The largest absolute Gasteiger partial charge is 0.367 e. The molecule has 4 aromatic rings. The number of carbonyl (C=O) groups is 1. The lowest BCUT2D eigenvalue weighted by Crippen LogP contribution is -2.43. The molecular weight excluding hydrogens is 460 g/mol. The van der Waals surface area contributed by atoms with Crippen LogP contribution in [0.3, 0.4) is 0 Å². The standard InChI is InChI=1S/C24H28N10O2/c35-22(28-17-15-27-10-7-18(17)32-13-11-26-12-14-32)21-29-23(31-30-21)34-20-4-2-1-3-19(20)33(24(34)36)16-5-8-25-9-6-16/h1-4,7,10,15-16,25-26H,5-6,8-9,11-14H2,(H,28,35)(H,29,30,31). The van der Waals surface area contributed by atoms with Crippen molar-refractivity contribution in [2.45, 2.75) is 18.9 Å². The maximum Gasteiger partial charge on any atom is 0.336 e. The molecule has 186 valence electrons. The molecule has 36 heavy (non-hydrogen) atoms. The third-order valence-corrected chi connectivity index (χ3v) is 6.85. The Bertz CT molecular complexity index is 1440. The summed E-state index contributed by atoms with van der Waals surface area (Å²) >= 11 is 0. The molecule has 0 atom stereocenters. The van der Waals surface area contributed by atoms with E-state index in [-0.39, 0.29) is 23.5 Å². The molecule has 2 fully saturated rings. The number of nitrogens with one attached hydrogen (secondary N) is 4. The van der Waals surface area contributed by atoms with Gasteiger partial charge in [0.15, 0.2) is 0 Å². The fraction of sp³-hybridized carbons (Fsp3) is 0.375. The number of H-pyrrole nitrogens is 1. The number of para-hydroxylation sites is 2. The van der Waals surface area contributed by atoms with Gasteiger partial charge in [-0.2, -0.15) is 4.98 Å². The summed E-state index contributed by atoms with van der Waals surface area (Å²) in [5, 5.41) is 16.5. The highest BCUT2D eigenvalue weighted by atomic mass is 16.2. The number of piperidine rings is 1. The van der Waals surface area contributed by atoms with Crippen LogP contribution in [0, 0.1) is 0 Å². The van der Waals surface area contributed by atoms with Crippen LogP contribution in [0.1, 0.15) is 29.5 Å². The molecule has 4 N–H and O–H groups in total. The molecular formula is C24H28N10O2. The Hall–Kier alpha value is -4.03. The summed E-state index contributed by atoms with van der Waals surface area (Å²) in [6, 6.07) is 9.60. The van der Waals surface area contributed by atoms with Crippen LogP contribution in [0.25, 0.3) is 17.0 Å². The number of fused-ring (bicyclic) bond motifs is 1. The van der Waals surface area contributed by atoms with Gasteiger partial charge in [0.1, 0.15) is 0 Å². The lowest BCUT2D eigenvalue weighted by molar-refractivity contribution is 0.101. The molecule has 5 heterocycles. The van der Waals surface area contributed by atoms with E-state index in [1.54, 1.807) is 12.4 Å². The molecule has 0 unspecified atom stereocenters. The molecule has 6 rings (SSSR count). The van der Waals surface area contributed by atoms with Crippen LogP contribution in [0.4, 0.5) is 11.4 Å². The Morgan fingerprint density at radius 3 is 2.56 bits per heavy atom. The van der Waals surface area contributed by atoms with E-state index in [1.165, 1.54) is 4.57 Å². The van der Waals surface area contributed by atoms with Gasteiger partial charge in [-0.05, 0) is 44.1 Å². The predicted octanol–water partition coefficient (Wildman–Crippen LogP) is 0.892. The zero-order valence-electron chi connectivity index (χ0n) is 19.8. The minimum atomic E-state index is -0.451. The quantitative estimate of drug-likeness (QED) is 0.325. The summed E-state index contributed by atoms with van der Waals surface area (Å²) in [4.78, 5) is 37.4. The zero-order chi connectivity index (χ0) is 24.5. The van der Waals surface area contributed by atoms with Gasteiger partial charge in [0.25, 0.3) is 11.9 Å². The van der Waals surface area contributed by atoms with Crippen LogP contribution in [-0.2, 0) is 0 Å². The molecule has 12 nitrogen and oxygen atoms in total. The number of piperazine rings is 1. The van der Waals surface area contributed by atoms with Gasteiger partial charge in [-0.3, -0.25) is 19.4 Å². The van der Waals surface area contributed by atoms with Gasteiger partial charge in [0.05, 0.1) is 28.6 Å². The topological polar surface area (TPSA) is 138 Å². The summed E-state index contributed by atoms with van der Waals surface area (Å²) in [5.41, 5.74) is 2.84. The summed E-state index contributed by atoms with van der Waals surface area (Å²) in [6.07, 6.45) is 5.08. The normalized spacial score (nSPS) is 16.9. The van der Waals surface area contributed by atoms with Crippen LogP contribution in [0.5, 0.6) is 0 Å². The van der Waals surface area contributed by atoms with Crippen molar-refractivity contribution < 1.29 is 4.79 Å². The molecule has 0 aliphatic carbocycles. The maximum absolute atomic E-state index is 13.6. The molecule has 2 saturated heterocycles. The molecule has 1 amide bonds. The number of benzene rings is 1. The number of imidazole rings is 1. The molecule has 0 bridgehead atoms. The van der Waals surface area contributed by atoms with Crippen molar-refractivity contribution in [3.8, 4) is 5.95 Å². The fourth-order valence-electron chi connectivity index (χ4n) is 5.08. The van der Waals surface area contributed by atoms with Crippen molar-refractivity contribution in [2.75, 3.05) is 49.5 Å². The number of amides is 1. The number of pyridine rings is 1. The number of nitrogens with zero attached hydrogens (tertiary/aromatic N) is 6. The maximum atomic E-state index is 13.6. The molecule has 2 aliphatic rings. The van der Waals surface area contributed by atoms with Crippen molar-refractivity contribution in [3.05, 3.63) is 59.0 Å². The smallest absolute Gasteiger partial charge is 0.336 e. The Labute approximate surface area is 206 Å². The van der Waals surface area contributed by atoms with Crippen LogP contribution >= 0.6 is 0 Å². The van der Waals surface area contributed by atoms with E-state index in [0.29, 0.717) is 11.2 Å².